The van der Waals surface area contributed by atoms with E-state index in [0.717, 1.165) is 38.5 Å². The van der Waals surface area contributed by atoms with Crippen LogP contribution in [0.3, 0.4) is 0 Å². The van der Waals surface area contributed by atoms with Crippen molar-refractivity contribution < 1.29 is 62.1 Å². The Morgan fingerprint density at radius 2 is 1.78 bits per heavy atom. The van der Waals surface area contributed by atoms with E-state index in [1.165, 1.54) is 19.3 Å². The minimum absolute atomic E-state index is 0. The van der Waals surface area contributed by atoms with Gasteiger partial charge in [0.25, 0.3) is 0 Å². The Morgan fingerprint density at radius 1 is 1.16 bits per heavy atom. The van der Waals surface area contributed by atoms with Crippen LogP contribution in [0.2, 0.25) is 0 Å². The maximum atomic E-state index is 12.8. The van der Waals surface area contributed by atoms with Crippen molar-refractivity contribution in [1.82, 2.24) is 4.90 Å². The Hall–Kier alpha value is -0.290. The number of hydrogen-bond acceptors (Lipinski definition) is 7. The van der Waals surface area contributed by atoms with Crippen LogP contribution in [0.5, 0.6) is 0 Å². The fraction of sp³-hybridized carbons (Fsp3) is 0.818. The zero-order valence-electron chi connectivity index (χ0n) is 19.9. The minimum Gasteiger partial charge on any atom is -0.748 e. The number of nitrogens with zero attached hydrogens (tertiary/aromatic N) is 2. The van der Waals surface area contributed by atoms with Gasteiger partial charge in [0.2, 0.25) is 5.78 Å². The van der Waals surface area contributed by atoms with Crippen molar-refractivity contribution in [3.8, 4) is 0 Å². The smallest absolute Gasteiger partial charge is 0.748 e. The van der Waals surface area contributed by atoms with E-state index in [2.05, 4.69) is 19.1 Å². The van der Waals surface area contributed by atoms with Crippen molar-refractivity contribution in [3.63, 3.8) is 0 Å². The topological polar surface area (TPSA) is 121 Å². The van der Waals surface area contributed by atoms with Crippen LogP contribution in [0.1, 0.15) is 71.1 Å². The summed E-state index contributed by atoms with van der Waals surface area (Å²) >= 11 is 0. The summed E-state index contributed by atoms with van der Waals surface area (Å²) < 4.78 is 34.2. The van der Waals surface area contributed by atoms with Crippen LogP contribution in [-0.4, -0.2) is 88.9 Å². The van der Waals surface area contributed by atoms with E-state index in [4.69, 9.17) is 0 Å². The largest absolute Gasteiger partial charge is 1.00 e. The normalized spacial score (nSPS) is 15.4. The Labute approximate surface area is 215 Å². The molecule has 0 bridgehead atoms. The van der Waals surface area contributed by atoms with E-state index >= 15 is 0 Å². The minimum atomic E-state index is -4.54. The predicted molar refractivity (Wildman–Crippen MR) is 120 cm³/mol. The number of unbranched alkanes of at least 4 members (excludes halogenated alkanes) is 7. The quantitative estimate of drug-likeness (QED) is 0.0814. The van der Waals surface area contributed by atoms with Crippen molar-refractivity contribution in [3.05, 3.63) is 12.2 Å². The molecule has 0 radical (unpaired) electrons. The summed E-state index contributed by atoms with van der Waals surface area (Å²) in [5, 5.41) is 19.2. The van der Waals surface area contributed by atoms with Gasteiger partial charge in [-0.15, -0.1) is 0 Å². The molecule has 0 aromatic heterocycles. The summed E-state index contributed by atoms with van der Waals surface area (Å²) in [4.78, 5) is 14.6. The molecule has 1 aliphatic rings. The summed E-state index contributed by atoms with van der Waals surface area (Å²) in [6, 6.07) is 0. The van der Waals surface area contributed by atoms with Crippen LogP contribution in [0.15, 0.2) is 12.2 Å². The third kappa shape index (κ3) is 14.1. The van der Waals surface area contributed by atoms with Crippen molar-refractivity contribution in [2.45, 2.75) is 77.2 Å². The number of allylic oxidation sites excluding steroid dienone is 2. The molecule has 2 N–H and O–H groups in total. The Bertz CT molecular complexity index is 697. The Balaban J connectivity index is 0.00000961. The zero-order chi connectivity index (χ0) is 23.1. The molecule has 8 nitrogen and oxygen atoms in total. The van der Waals surface area contributed by atoms with Crippen LogP contribution in [-0.2, 0) is 14.9 Å². The number of carbonyl (C=O) groups excluding carboxylic acids is 1. The zero-order valence-corrected chi connectivity index (χ0v) is 22.7. The number of carbonyl (C=O) groups is 1. The molecule has 1 rings (SSSR count). The molecule has 0 saturated heterocycles. The molecule has 0 aromatic carbocycles. The van der Waals surface area contributed by atoms with E-state index in [1.807, 2.05) is 0 Å². The number of β-amino-alcohol motifs (C(OH)–C–C–N with tert-alkyl or cyclic N) is 2. The van der Waals surface area contributed by atoms with Gasteiger partial charge < -0.3 is 14.8 Å². The van der Waals surface area contributed by atoms with Crippen molar-refractivity contribution >= 4 is 21.7 Å². The SMILES string of the molecule is CCCCC/C=C/CCCCCCC(=O)C1=[N+](CC(O)CS(=O)(=O)[O-])CCN1CCO.[Na+]. The molecular weight excluding hydrogens is 443 g/mol. The number of hydrogen-bond donors (Lipinski definition) is 2. The monoisotopic (exact) mass is 483 g/mol. The number of amidine groups is 1. The molecule has 0 aliphatic carbocycles. The van der Waals surface area contributed by atoms with Crippen molar-refractivity contribution in [2.75, 3.05) is 38.5 Å². The molecule has 1 heterocycles. The molecule has 10 heteroatoms. The van der Waals surface area contributed by atoms with Gasteiger partial charge in [-0.3, -0.25) is 14.3 Å². The number of aliphatic hydroxyl groups excluding tert-OH is 2. The Kier molecular flexibility index (Phi) is 17.9. The fourth-order valence-corrected chi connectivity index (χ4v) is 4.40. The second kappa shape index (κ2) is 18.1. The van der Waals surface area contributed by atoms with Gasteiger partial charge in [-0.25, -0.2) is 8.42 Å². The standard InChI is InChI=1S/C22H40N2O6S.Na/c1-2-3-4-5-6-7-8-9-10-11-12-13-21(27)22-23(16-17-25)14-15-24(22)18-20(26)19-31(28,29)30;/h6-7,20,25-26H,2-5,8-19H2,1H3;/q;+1/b7-6+;. The first-order valence-electron chi connectivity index (χ1n) is 11.6. The first kappa shape index (κ1) is 31.7. The van der Waals surface area contributed by atoms with Gasteiger partial charge in [0.1, 0.15) is 32.3 Å². The van der Waals surface area contributed by atoms with Gasteiger partial charge in [0.15, 0.2) is 0 Å². The molecule has 0 saturated carbocycles. The maximum absolute atomic E-state index is 12.8. The van der Waals surface area contributed by atoms with Gasteiger partial charge >= 0.3 is 35.4 Å². The third-order valence-electron chi connectivity index (χ3n) is 5.35. The summed E-state index contributed by atoms with van der Waals surface area (Å²) in [7, 11) is -4.54. The first-order chi connectivity index (χ1) is 14.8. The van der Waals surface area contributed by atoms with E-state index in [-0.39, 0.29) is 48.5 Å². The molecule has 1 unspecified atom stereocenters. The van der Waals surface area contributed by atoms with Gasteiger partial charge in [-0.2, -0.15) is 0 Å². The van der Waals surface area contributed by atoms with Crippen molar-refractivity contribution in [2.24, 2.45) is 0 Å². The summed E-state index contributed by atoms with van der Waals surface area (Å²) in [5.74, 6) is -0.539. The second-order valence-corrected chi connectivity index (χ2v) is 9.65. The first-order valence-corrected chi connectivity index (χ1v) is 13.1. The molecule has 0 amide bonds. The van der Waals surface area contributed by atoms with Gasteiger partial charge in [-0.05, 0) is 32.1 Å². The van der Waals surface area contributed by atoms with Crippen molar-refractivity contribution in [1.29, 1.82) is 0 Å². The fourth-order valence-electron chi connectivity index (χ4n) is 3.83. The Morgan fingerprint density at radius 3 is 2.38 bits per heavy atom. The number of ketones is 1. The number of rotatable bonds is 18. The summed E-state index contributed by atoms with van der Waals surface area (Å²) in [6.07, 6.45) is 13.4. The van der Waals surface area contributed by atoms with Crippen LogP contribution >= 0.6 is 0 Å². The molecule has 180 valence electrons. The van der Waals surface area contributed by atoms with E-state index < -0.39 is 22.0 Å². The summed E-state index contributed by atoms with van der Waals surface area (Å²) in [5.41, 5.74) is 0. The van der Waals surface area contributed by atoms with Crippen LogP contribution < -0.4 is 29.6 Å². The second-order valence-electron chi connectivity index (χ2n) is 8.20. The number of aliphatic hydroxyl groups is 2. The third-order valence-corrected chi connectivity index (χ3v) is 6.14. The molecular formula is C22H40N2NaO6S+. The number of Topliss-reactive ketones (excluding diaryl/α,β-unsaturated/α-hetero) is 1. The molecule has 0 spiro atoms. The van der Waals surface area contributed by atoms with Gasteiger partial charge in [-0.1, -0.05) is 44.8 Å². The maximum Gasteiger partial charge on any atom is 1.00 e. The molecule has 0 fully saturated rings. The molecule has 32 heavy (non-hydrogen) atoms. The van der Waals surface area contributed by atoms with Crippen LogP contribution in [0.4, 0.5) is 0 Å². The predicted octanol–water partition coefficient (Wildman–Crippen LogP) is -1.34. The molecule has 1 atom stereocenters. The molecule has 1 aliphatic heterocycles. The van der Waals surface area contributed by atoms with Crippen LogP contribution in [0, 0.1) is 0 Å². The average Bonchev–Trinajstić information content (AvgIpc) is 3.06. The van der Waals surface area contributed by atoms with E-state index in [9.17, 15) is 28.0 Å². The average molecular weight is 484 g/mol. The summed E-state index contributed by atoms with van der Waals surface area (Å²) in [6.45, 7) is 3.28. The van der Waals surface area contributed by atoms with Gasteiger partial charge in [0.05, 0.1) is 22.5 Å². The van der Waals surface area contributed by atoms with E-state index in [0.29, 0.717) is 31.9 Å². The van der Waals surface area contributed by atoms with Crippen LogP contribution in [0.25, 0.3) is 0 Å². The van der Waals surface area contributed by atoms with E-state index in [1.54, 1.807) is 9.48 Å². The molecule has 0 aromatic rings. The van der Waals surface area contributed by atoms with Gasteiger partial charge in [0, 0.05) is 6.42 Å².